The van der Waals surface area contributed by atoms with Crippen LogP contribution >= 0.6 is 15.9 Å². The largest absolute Gasteiger partial charge is 0.380 e. The van der Waals surface area contributed by atoms with Crippen molar-refractivity contribution in [1.82, 2.24) is 14.8 Å². The molecule has 2 aromatic rings. The van der Waals surface area contributed by atoms with Crippen LogP contribution in [-0.2, 0) is 0 Å². The van der Waals surface area contributed by atoms with E-state index in [0.29, 0.717) is 5.69 Å². The van der Waals surface area contributed by atoms with E-state index < -0.39 is 6.10 Å². The van der Waals surface area contributed by atoms with Crippen molar-refractivity contribution in [2.24, 2.45) is 0 Å². The number of halogens is 1. The molecule has 18 heavy (non-hydrogen) atoms. The van der Waals surface area contributed by atoms with Gasteiger partial charge in [-0.1, -0.05) is 6.07 Å². The topological polar surface area (TPSA) is 50.9 Å². The van der Waals surface area contributed by atoms with Gasteiger partial charge in [-0.2, -0.15) is 5.10 Å². The first-order valence-corrected chi connectivity index (χ1v) is 6.64. The smallest absolute Gasteiger partial charge is 0.139 e. The number of aliphatic hydroxyl groups is 1. The molecule has 1 N–H and O–H groups in total. The van der Waals surface area contributed by atoms with Crippen LogP contribution in [-0.4, -0.2) is 19.9 Å². The van der Waals surface area contributed by atoms with Gasteiger partial charge in [0.25, 0.3) is 0 Å². The molecular formula is C13H16BrN3O. The van der Waals surface area contributed by atoms with E-state index in [-0.39, 0.29) is 6.04 Å². The summed E-state index contributed by atoms with van der Waals surface area (Å²) in [6.07, 6.45) is 0.929. The third-order valence-corrected chi connectivity index (χ3v) is 3.34. The fourth-order valence-corrected chi connectivity index (χ4v) is 2.36. The third-order valence-electron chi connectivity index (χ3n) is 2.73. The minimum atomic E-state index is -0.774. The van der Waals surface area contributed by atoms with Gasteiger partial charge in [0.05, 0.1) is 22.1 Å². The lowest BCUT2D eigenvalue weighted by Gasteiger charge is -2.16. The van der Waals surface area contributed by atoms with Gasteiger partial charge >= 0.3 is 0 Å². The maximum absolute atomic E-state index is 10.5. The van der Waals surface area contributed by atoms with Crippen LogP contribution in [0.25, 0.3) is 0 Å². The Balaban J connectivity index is 2.45. The molecule has 0 saturated heterocycles. The molecule has 1 unspecified atom stereocenters. The Hall–Kier alpha value is -1.20. The van der Waals surface area contributed by atoms with Crippen LogP contribution in [0.15, 0.2) is 28.9 Å². The number of aryl methyl sites for hydroxylation is 1. The summed E-state index contributed by atoms with van der Waals surface area (Å²) in [4.78, 5) is 4.36. The quantitative estimate of drug-likeness (QED) is 0.948. The van der Waals surface area contributed by atoms with Crippen LogP contribution in [0.2, 0.25) is 0 Å². The van der Waals surface area contributed by atoms with Gasteiger partial charge in [-0.15, -0.1) is 0 Å². The van der Waals surface area contributed by atoms with Gasteiger partial charge in [0.2, 0.25) is 0 Å². The van der Waals surface area contributed by atoms with Crippen molar-refractivity contribution >= 4 is 15.9 Å². The highest BCUT2D eigenvalue weighted by Gasteiger charge is 2.21. The molecule has 0 aliphatic rings. The number of aliphatic hydroxyl groups excluding tert-OH is 1. The Morgan fingerprint density at radius 1 is 1.33 bits per heavy atom. The zero-order valence-corrected chi connectivity index (χ0v) is 12.2. The van der Waals surface area contributed by atoms with Crippen LogP contribution in [0.5, 0.6) is 0 Å². The average molecular weight is 310 g/mol. The summed E-state index contributed by atoms with van der Waals surface area (Å²) in [5.74, 6) is 0. The fraction of sp³-hybridized carbons (Fsp3) is 0.385. The zero-order chi connectivity index (χ0) is 13.3. The van der Waals surface area contributed by atoms with Crippen molar-refractivity contribution in [3.63, 3.8) is 0 Å². The van der Waals surface area contributed by atoms with Gasteiger partial charge in [-0.3, -0.25) is 9.67 Å². The first-order chi connectivity index (χ1) is 8.50. The summed E-state index contributed by atoms with van der Waals surface area (Å²) < 4.78 is 2.60. The Labute approximate surface area is 115 Å². The lowest BCUT2D eigenvalue weighted by Crippen LogP contribution is -2.13. The molecule has 0 aliphatic heterocycles. The maximum atomic E-state index is 10.5. The van der Waals surface area contributed by atoms with Crippen molar-refractivity contribution in [2.45, 2.75) is 32.9 Å². The predicted octanol–water partition coefficient (Wildman–Crippen LogP) is 3.01. The molecule has 0 amide bonds. The van der Waals surface area contributed by atoms with E-state index in [0.717, 1.165) is 15.9 Å². The van der Waals surface area contributed by atoms with Gasteiger partial charge in [0, 0.05) is 11.7 Å². The number of hydrogen-bond acceptors (Lipinski definition) is 3. The molecule has 0 aromatic carbocycles. The first kappa shape index (κ1) is 13.2. The fourth-order valence-electron chi connectivity index (χ4n) is 1.87. The van der Waals surface area contributed by atoms with Crippen LogP contribution in [0.3, 0.4) is 0 Å². The minimum absolute atomic E-state index is 0.186. The van der Waals surface area contributed by atoms with Crippen LogP contribution in [0.1, 0.15) is 43.1 Å². The molecule has 2 rings (SSSR count). The highest BCUT2D eigenvalue weighted by atomic mass is 79.9. The highest BCUT2D eigenvalue weighted by Crippen LogP contribution is 2.29. The molecule has 0 bridgehead atoms. The molecule has 0 fully saturated rings. The first-order valence-electron chi connectivity index (χ1n) is 5.85. The van der Waals surface area contributed by atoms with Crippen molar-refractivity contribution in [2.75, 3.05) is 0 Å². The van der Waals surface area contributed by atoms with Gasteiger partial charge in [0.1, 0.15) is 6.10 Å². The molecule has 1 atom stereocenters. The van der Waals surface area contributed by atoms with Gasteiger partial charge in [0.15, 0.2) is 0 Å². The van der Waals surface area contributed by atoms with Crippen molar-refractivity contribution < 1.29 is 5.11 Å². The molecule has 0 spiro atoms. The molecular weight excluding hydrogens is 294 g/mol. The lowest BCUT2D eigenvalue weighted by atomic mass is 10.1. The Kier molecular flexibility index (Phi) is 3.82. The monoisotopic (exact) mass is 309 g/mol. The molecule has 0 radical (unpaired) electrons. The van der Waals surface area contributed by atoms with Crippen molar-refractivity contribution in [3.8, 4) is 0 Å². The molecule has 96 valence electrons. The van der Waals surface area contributed by atoms with Gasteiger partial charge in [-0.25, -0.2) is 0 Å². The third kappa shape index (κ3) is 2.47. The second-order valence-corrected chi connectivity index (χ2v) is 5.38. The number of hydrogen-bond donors (Lipinski definition) is 1. The molecule has 2 aromatic heterocycles. The van der Waals surface area contributed by atoms with Gasteiger partial charge < -0.3 is 5.11 Å². The molecule has 5 heteroatoms. The minimum Gasteiger partial charge on any atom is -0.380 e. The van der Waals surface area contributed by atoms with E-state index in [1.54, 1.807) is 10.9 Å². The molecule has 0 aliphatic carbocycles. The second kappa shape index (κ2) is 5.20. The Morgan fingerprint density at radius 2 is 2.06 bits per heavy atom. The SMILES string of the molecule is Cc1cccc(C(O)c2c(Br)cnn2C(C)C)n1. The average Bonchev–Trinajstić information content (AvgIpc) is 2.70. The summed E-state index contributed by atoms with van der Waals surface area (Å²) >= 11 is 3.43. The maximum Gasteiger partial charge on any atom is 0.139 e. The predicted molar refractivity (Wildman–Crippen MR) is 73.3 cm³/mol. The van der Waals surface area contributed by atoms with Crippen LogP contribution in [0, 0.1) is 6.92 Å². The normalized spacial score (nSPS) is 13.0. The summed E-state index contributed by atoms with van der Waals surface area (Å²) in [7, 11) is 0. The summed E-state index contributed by atoms with van der Waals surface area (Å²) in [6, 6.07) is 5.81. The van der Waals surface area contributed by atoms with E-state index in [1.165, 1.54) is 0 Å². The number of pyridine rings is 1. The number of nitrogens with zero attached hydrogens (tertiary/aromatic N) is 3. The van der Waals surface area contributed by atoms with E-state index in [2.05, 4.69) is 26.0 Å². The number of aromatic nitrogens is 3. The van der Waals surface area contributed by atoms with Gasteiger partial charge in [-0.05, 0) is 48.8 Å². The van der Waals surface area contributed by atoms with E-state index >= 15 is 0 Å². The van der Waals surface area contributed by atoms with E-state index in [9.17, 15) is 5.11 Å². The Bertz CT molecular complexity index is 551. The molecule has 0 saturated carbocycles. The van der Waals surface area contributed by atoms with Crippen LogP contribution < -0.4 is 0 Å². The highest BCUT2D eigenvalue weighted by molar-refractivity contribution is 9.10. The lowest BCUT2D eigenvalue weighted by molar-refractivity contribution is 0.199. The Morgan fingerprint density at radius 3 is 2.67 bits per heavy atom. The molecule has 4 nitrogen and oxygen atoms in total. The molecule has 2 heterocycles. The second-order valence-electron chi connectivity index (χ2n) is 4.52. The van der Waals surface area contributed by atoms with Crippen molar-refractivity contribution in [3.05, 3.63) is 46.0 Å². The van der Waals surface area contributed by atoms with Crippen molar-refractivity contribution in [1.29, 1.82) is 0 Å². The summed E-state index contributed by atoms with van der Waals surface area (Å²) in [5.41, 5.74) is 2.26. The van der Waals surface area contributed by atoms with E-state index in [1.807, 2.05) is 39.0 Å². The zero-order valence-electron chi connectivity index (χ0n) is 10.6. The standard InChI is InChI=1S/C13H16BrN3O/c1-8(2)17-12(10(14)7-15-17)13(18)11-6-4-5-9(3)16-11/h4-8,13,18H,1-3H3. The number of rotatable bonds is 3. The van der Waals surface area contributed by atoms with E-state index in [4.69, 9.17) is 0 Å². The summed E-state index contributed by atoms with van der Waals surface area (Å²) in [6.45, 7) is 5.96. The summed E-state index contributed by atoms with van der Waals surface area (Å²) in [5, 5.41) is 14.7. The van der Waals surface area contributed by atoms with Crippen LogP contribution in [0.4, 0.5) is 0 Å².